The van der Waals surface area contributed by atoms with Gasteiger partial charge in [-0.25, -0.2) is 8.78 Å². The number of halogens is 2. The molecule has 0 heterocycles. The highest BCUT2D eigenvalue weighted by Crippen LogP contribution is 2.33. The molecule has 0 aliphatic heterocycles. The molecule has 0 fully saturated rings. The topological polar surface area (TPSA) is 30.5 Å². The molecule has 3 nitrogen and oxygen atoms in total. The highest BCUT2D eigenvalue weighted by molar-refractivity contribution is 5.50. The molecular weight excluding hydrogens is 312 g/mol. The molecular formula is C19H21F2NO2. The maximum absolute atomic E-state index is 13.6. The van der Waals surface area contributed by atoms with Crippen LogP contribution in [0.3, 0.4) is 0 Å². The third-order valence-corrected chi connectivity index (χ3v) is 3.67. The van der Waals surface area contributed by atoms with E-state index in [1.165, 1.54) is 18.2 Å². The van der Waals surface area contributed by atoms with Gasteiger partial charge in [0.15, 0.2) is 11.5 Å². The van der Waals surface area contributed by atoms with Crippen LogP contribution in [0.2, 0.25) is 0 Å². The van der Waals surface area contributed by atoms with E-state index in [1.807, 2.05) is 12.1 Å². The summed E-state index contributed by atoms with van der Waals surface area (Å²) in [6, 6.07) is 7.66. The van der Waals surface area contributed by atoms with Crippen LogP contribution < -0.4 is 14.8 Å². The molecule has 2 aromatic rings. The van der Waals surface area contributed by atoms with Crippen LogP contribution in [0.4, 0.5) is 8.78 Å². The van der Waals surface area contributed by atoms with E-state index in [1.54, 1.807) is 20.3 Å². The minimum Gasteiger partial charge on any atom is -0.493 e. The smallest absolute Gasteiger partial charge is 0.164 e. The van der Waals surface area contributed by atoms with Crippen LogP contribution in [0, 0.1) is 11.6 Å². The highest BCUT2D eigenvalue weighted by atomic mass is 19.1. The van der Waals surface area contributed by atoms with E-state index in [0.29, 0.717) is 24.5 Å². The second-order valence-electron chi connectivity index (χ2n) is 5.29. The molecule has 0 aliphatic carbocycles. The summed E-state index contributed by atoms with van der Waals surface area (Å²) in [4.78, 5) is 0. The van der Waals surface area contributed by atoms with Gasteiger partial charge in [0.1, 0.15) is 11.6 Å². The number of benzene rings is 2. The summed E-state index contributed by atoms with van der Waals surface area (Å²) < 4.78 is 38.0. The van der Waals surface area contributed by atoms with Crippen molar-refractivity contribution in [2.75, 3.05) is 14.2 Å². The average molecular weight is 333 g/mol. The average Bonchev–Trinajstić information content (AvgIpc) is 2.57. The van der Waals surface area contributed by atoms with Crippen LogP contribution in [-0.2, 0) is 19.5 Å². The monoisotopic (exact) mass is 333 g/mol. The Labute approximate surface area is 140 Å². The third-order valence-electron chi connectivity index (χ3n) is 3.67. The zero-order chi connectivity index (χ0) is 17.5. The van der Waals surface area contributed by atoms with E-state index in [2.05, 4.69) is 11.9 Å². The fraction of sp³-hybridized carbons (Fsp3) is 0.263. The number of allylic oxidation sites excluding steroid dienone is 1. The van der Waals surface area contributed by atoms with Crippen molar-refractivity contribution in [1.29, 1.82) is 0 Å². The third kappa shape index (κ3) is 4.11. The fourth-order valence-corrected chi connectivity index (χ4v) is 2.55. The number of hydrogen-bond acceptors (Lipinski definition) is 3. The van der Waals surface area contributed by atoms with Gasteiger partial charge in [0, 0.05) is 24.2 Å². The van der Waals surface area contributed by atoms with Crippen LogP contribution in [0.15, 0.2) is 43.0 Å². The van der Waals surface area contributed by atoms with Crippen LogP contribution >= 0.6 is 0 Å². The molecule has 2 aromatic carbocycles. The molecule has 0 unspecified atom stereocenters. The Balaban J connectivity index is 2.15. The fourth-order valence-electron chi connectivity index (χ4n) is 2.55. The summed E-state index contributed by atoms with van der Waals surface area (Å²) in [5, 5.41) is 3.06. The predicted octanol–water partition coefficient (Wildman–Crippen LogP) is 4.00. The molecule has 0 saturated heterocycles. The lowest BCUT2D eigenvalue weighted by Crippen LogP contribution is -2.15. The largest absolute Gasteiger partial charge is 0.493 e. The van der Waals surface area contributed by atoms with Gasteiger partial charge in [-0.15, -0.1) is 6.58 Å². The molecule has 2 rings (SSSR count). The maximum atomic E-state index is 13.6. The molecule has 24 heavy (non-hydrogen) atoms. The maximum Gasteiger partial charge on any atom is 0.164 e. The van der Waals surface area contributed by atoms with Gasteiger partial charge in [0.25, 0.3) is 0 Å². The first-order valence-corrected chi connectivity index (χ1v) is 7.59. The molecule has 0 spiro atoms. The SMILES string of the molecule is C=CCc1cc(CNCc2c(F)cccc2F)cc(OC)c1OC. The summed E-state index contributed by atoms with van der Waals surface area (Å²) in [5.41, 5.74) is 1.91. The van der Waals surface area contributed by atoms with E-state index in [-0.39, 0.29) is 12.1 Å². The zero-order valence-corrected chi connectivity index (χ0v) is 13.9. The number of hydrogen-bond donors (Lipinski definition) is 1. The molecule has 0 aromatic heterocycles. The predicted molar refractivity (Wildman–Crippen MR) is 90.3 cm³/mol. The second kappa shape index (κ2) is 8.45. The van der Waals surface area contributed by atoms with Gasteiger partial charge in [0.05, 0.1) is 14.2 Å². The molecule has 0 radical (unpaired) electrons. The van der Waals surface area contributed by atoms with Crippen molar-refractivity contribution in [3.63, 3.8) is 0 Å². The molecule has 5 heteroatoms. The van der Waals surface area contributed by atoms with Gasteiger partial charge in [-0.2, -0.15) is 0 Å². The van der Waals surface area contributed by atoms with Gasteiger partial charge >= 0.3 is 0 Å². The van der Waals surface area contributed by atoms with E-state index >= 15 is 0 Å². The lowest BCUT2D eigenvalue weighted by Gasteiger charge is -2.15. The Bertz CT molecular complexity index is 697. The van der Waals surface area contributed by atoms with Crippen LogP contribution in [-0.4, -0.2) is 14.2 Å². The van der Waals surface area contributed by atoms with E-state index in [0.717, 1.165) is 11.1 Å². The normalized spacial score (nSPS) is 10.5. The van der Waals surface area contributed by atoms with Crippen LogP contribution in [0.1, 0.15) is 16.7 Å². The minimum atomic E-state index is -0.554. The van der Waals surface area contributed by atoms with Crippen LogP contribution in [0.5, 0.6) is 11.5 Å². The Morgan fingerprint density at radius 2 is 1.79 bits per heavy atom. The van der Waals surface area contributed by atoms with Crippen molar-refractivity contribution < 1.29 is 18.3 Å². The van der Waals surface area contributed by atoms with Crippen LogP contribution in [0.25, 0.3) is 0 Å². The van der Waals surface area contributed by atoms with Gasteiger partial charge < -0.3 is 14.8 Å². The van der Waals surface area contributed by atoms with Crippen molar-refractivity contribution in [2.24, 2.45) is 0 Å². The van der Waals surface area contributed by atoms with Crippen molar-refractivity contribution in [2.45, 2.75) is 19.5 Å². The van der Waals surface area contributed by atoms with Crippen molar-refractivity contribution >= 4 is 0 Å². The molecule has 0 aliphatic rings. The van der Waals surface area contributed by atoms with Gasteiger partial charge in [-0.3, -0.25) is 0 Å². The Hall–Kier alpha value is -2.40. The number of rotatable bonds is 8. The lowest BCUT2D eigenvalue weighted by molar-refractivity contribution is 0.351. The summed E-state index contributed by atoms with van der Waals surface area (Å²) in [6.45, 7) is 4.29. The first-order valence-electron chi connectivity index (χ1n) is 7.59. The van der Waals surface area contributed by atoms with Crippen molar-refractivity contribution in [1.82, 2.24) is 5.32 Å². The number of nitrogens with one attached hydrogen (secondary N) is 1. The number of methoxy groups -OCH3 is 2. The Kier molecular flexibility index (Phi) is 6.32. The standard InChI is InChI=1S/C19H21F2NO2/c1-4-6-14-9-13(10-18(23-2)19(14)24-3)11-22-12-15-16(20)7-5-8-17(15)21/h4-5,7-10,22H,1,6,11-12H2,2-3H3. The first-order chi connectivity index (χ1) is 11.6. The van der Waals surface area contributed by atoms with Crippen molar-refractivity contribution in [3.05, 3.63) is 71.3 Å². The molecule has 0 amide bonds. The zero-order valence-electron chi connectivity index (χ0n) is 13.9. The Morgan fingerprint density at radius 3 is 2.38 bits per heavy atom. The van der Waals surface area contributed by atoms with E-state index in [9.17, 15) is 8.78 Å². The summed E-state index contributed by atoms with van der Waals surface area (Å²) >= 11 is 0. The van der Waals surface area contributed by atoms with E-state index < -0.39 is 11.6 Å². The minimum absolute atomic E-state index is 0.0318. The van der Waals surface area contributed by atoms with Crippen molar-refractivity contribution in [3.8, 4) is 11.5 Å². The number of ether oxygens (including phenoxy) is 2. The summed E-state index contributed by atoms with van der Waals surface area (Å²) in [5.74, 6) is 0.177. The molecule has 0 bridgehead atoms. The van der Waals surface area contributed by atoms with Gasteiger partial charge in [-0.05, 0) is 30.2 Å². The molecule has 0 atom stereocenters. The second-order valence-corrected chi connectivity index (χ2v) is 5.29. The Morgan fingerprint density at radius 1 is 1.08 bits per heavy atom. The summed E-state index contributed by atoms with van der Waals surface area (Å²) in [6.07, 6.45) is 2.42. The molecule has 1 N–H and O–H groups in total. The summed E-state index contributed by atoms with van der Waals surface area (Å²) in [7, 11) is 3.16. The van der Waals surface area contributed by atoms with Gasteiger partial charge in [-0.1, -0.05) is 18.2 Å². The quantitative estimate of drug-likeness (QED) is 0.741. The first kappa shape index (κ1) is 17.9. The van der Waals surface area contributed by atoms with E-state index in [4.69, 9.17) is 9.47 Å². The molecule has 0 saturated carbocycles. The molecule has 128 valence electrons. The van der Waals surface area contributed by atoms with Gasteiger partial charge in [0.2, 0.25) is 0 Å². The highest BCUT2D eigenvalue weighted by Gasteiger charge is 2.12. The lowest BCUT2D eigenvalue weighted by atomic mass is 10.1.